The molecule has 1 atom stereocenters. The molecule has 0 amide bonds. The summed E-state index contributed by atoms with van der Waals surface area (Å²) in [5.41, 5.74) is 0. The number of hydrogen-bond donors (Lipinski definition) is 1. The lowest BCUT2D eigenvalue weighted by molar-refractivity contribution is 0.125. The first kappa shape index (κ1) is 19.0. The molecule has 0 bridgehead atoms. The van der Waals surface area contributed by atoms with Crippen LogP contribution in [0, 0.1) is 0 Å². The van der Waals surface area contributed by atoms with E-state index in [1.165, 1.54) is 12.8 Å². The molecule has 14 heavy (non-hydrogen) atoms. The maximum atomic E-state index is 7.00. The van der Waals surface area contributed by atoms with Crippen molar-refractivity contribution < 1.29 is 9.84 Å². The molecule has 2 heteroatoms. The van der Waals surface area contributed by atoms with Gasteiger partial charge in [-0.25, -0.2) is 0 Å². The standard InChI is InChI=1S/C5H10O.C5H8.CH4O.CH4/c1-5-3-2-4-6-5;1-3-5-4-2;1-2;/h5H,2-4H2,1H3;3-5H,1H2,2H3;2H,1H3;1H4/b;5-4+;;. The van der Waals surface area contributed by atoms with Gasteiger partial charge in [0, 0.05) is 13.7 Å². The van der Waals surface area contributed by atoms with Gasteiger partial charge >= 0.3 is 0 Å². The first-order valence-electron chi connectivity index (χ1n) is 4.61. The number of ether oxygens (including phenoxy) is 1. The number of hydrogen-bond acceptors (Lipinski definition) is 2. The van der Waals surface area contributed by atoms with E-state index >= 15 is 0 Å². The molecule has 1 saturated heterocycles. The highest BCUT2D eigenvalue weighted by Crippen LogP contribution is 2.09. The maximum Gasteiger partial charge on any atom is 0.0547 e. The van der Waals surface area contributed by atoms with Crippen LogP contribution in [0.25, 0.3) is 0 Å². The van der Waals surface area contributed by atoms with E-state index < -0.39 is 0 Å². The summed E-state index contributed by atoms with van der Waals surface area (Å²) in [6.07, 6.45) is 8.65. The summed E-state index contributed by atoms with van der Waals surface area (Å²) in [5, 5.41) is 7.00. The second kappa shape index (κ2) is 18.2. The average molecular weight is 202 g/mol. The molecule has 0 radical (unpaired) electrons. The summed E-state index contributed by atoms with van der Waals surface area (Å²) >= 11 is 0. The van der Waals surface area contributed by atoms with Crippen LogP contribution in [0.2, 0.25) is 0 Å². The predicted molar refractivity (Wildman–Crippen MR) is 64.5 cm³/mol. The van der Waals surface area contributed by atoms with Gasteiger partial charge in [-0.3, -0.25) is 0 Å². The van der Waals surface area contributed by atoms with E-state index in [1.807, 2.05) is 19.1 Å². The Balaban J connectivity index is -0.000000141. The molecule has 0 saturated carbocycles. The molecule has 1 aliphatic heterocycles. The molecule has 1 N–H and O–H groups in total. The molecule has 1 heterocycles. The Kier molecular flexibility index (Phi) is 24.8. The van der Waals surface area contributed by atoms with Gasteiger partial charge in [-0.15, -0.1) is 0 Å². The summed E-state index contributed by atoms with van der Waals surface area (Å²) in [6.45, 7) is 8.53. The molecule has 0 spiro atoms. The minimum absolute atomic E-state index is 0. The minimum Gasteiger partial charge on any atom is -0.400 e. The molecule has 1 aliphatic rings. The first-order valence-corrected chi connectivity index (χ1v) is 4.61. The van der Waals surface area contributed by atoms with Crippen molar-refractivity contribution in [1.82, 2.24) is 0 Å². The summed E-state index contributed by atoms with van der Waals surface area (Å²) in [7, 11) is 1.00. The number of aliphatic hydroxyl groups is 1. The van der Waals surface area contributed by atoms with Crippen molar-refractivity contribution >= 4 is 0 Å². The fourth-order valence-electron chi connectivity index (χ4n) is 0.875. The summed E-state index contributed by atoms with van der Waals surface area (Å²) in [4.78, 5) is 0. The molecule has 0 aromatic rings. The largest absolute Gasteiger partial charge is 0.400 e. The van der Waals surface area contributed by atoms with Crippen molar-refractivity contribution in [3.63, 3.8) is 0 Å². The van der Waals surface area contributed by atoms with Crippen LogP contribution < -0.4 is 0 Å². The van der Waals surface area contributed by atoms with Gasteiger partial charge in [-0.2, -0.15) is 0 Å². The van der Waals surface area contributed by atoms with E-state index in [0.717, 1.165) is 13.7 Å². The van der Waals surface area contributed by atoms with Gasteiger partial charge in [0.05, 0.1) is 6.10 Å². The zero-order valence-corrected chi connectivity index (χ0v) is 8.99. The smallest absolute Gasteiger partial charge is 0.0547 e. The Morgan fingerprint density at radius 2 is 2.00 bits per heavy atom. The lowest BCUT2D eigenvalue weighted by atomic mass is 10.3. The molecule has 2 nitrogen and oxygen atoms in total. The number of allylic oxidation sites excluding steroid dienone is 3. The second-order valence-corrected chi connectivity index (χ2v) is 2.59. The quantitative estimate of drug-likeness (QED) is 0.662. The number of aliphatic hydroxyl groups excluding tert-OH is 1. The van der Waals surface area contributed by atoms with Crippen molar-refractivity contribution in [1.29, 1.82) is 0 Å². The molecule has 0 aliphatic carbocycles. The van der Waals surface area contributed by atoms with E-state index in [1.54, 1.807) is 6.08 Å². The Labute approximate surface area is 89.3 Å². The van der Waals surface area contributed by atoms with Gasteiger partial charge in [0.2, 0.25) is 0 Å². The van der Waals surface area contributed by atoms with E-state index in [9.17, 15) is 0 Å². The van der Waals surface area contributed by atoms with Crippen LogP contribution in [0.4, 0.5) is 0 Å². The van der Waals surface area contributed by atoms with Crippen LogP contribution in [-0.2, 0) is 4.74 Å². The maximum absolute atomic E-state index is 7.00. The van der Waals surface area contributed by atoms with Gasteiger partial charge in [0.1, 0.15) is 0 Å². The van der Waals surface area contributed by atoms with E-state index in [0.29, 0.717) is 6.10 Å². The topological polar surface area (TPSA) is 29.5 Å². The molecule has 0 aromatic heterocycles. The molecule has 1 unspecified atom stereocenters. The van der Waals surface area contributed by atoms with Gasteiger partial charge in [-0.05, 0) is 26.7 Å². The normalized spacial score (nSPS) is 18.4. The van der Waals surface area contributed by atoms with Crippen molar-refractivity contribution in [3.05, 3.63) is 24.8 Å². The highest BCUT2D eigenvalue weighted by atomic mass is 16.5. The van der Waals surface area contributed by atoms with E-state index in [4.69, 9.17) is 9.84 Å². The molecular formula is C12H26O2. The Hall–Kier alpha value is -0.600. The van der Waals surface area contributed by atoms with Crippen LogP contribution in [0.1, 0.15) is 34.1 Å². The summed E-state index contributed by atoms with van der Waals surface area (Å²) in [6, 6.07) is 0. The lowest BCUT2D eigenvalue weighted by Crippen LogP contribution is -1.94. The monoisotopic (exact) mass is 202 g/mol. The predicted octanol–water partition coefficient (Wildman–Crippen LogP) is 3.18. The third-order valence-electron chi connectivity index (χ3n) is 1.49. The van der Waals surface area contributed by atoms with Crippen LogP contribution >= 0.6 is 0 Å². The fraction of sp³-hybridized carbons (Fsp3) is 0.667. The number of rotatable bonds is 1. The van der Waals surface area contributed by atoms with Crippen LogP contribution in [0.5, 0.6) is 0 Å². The average Bonchev–Trinajstić information content (AvgIpc) is 2.62. The molecule has 86 valence electrons. The third kappa shape index (κ3) is 17.5. The summed E-state index contributed by atoms with van der Waals surface area (Å²) < 4.78 is 5.15. The van der Waals surface area contributed by atoms with Gasteiger partial charge in [0.15, 0.2) is 0 Å². The second-order valence-electron chi connectivity index (χ2n) is 2.59. The molecular weight excluding hydrogens is 176 g/mol. The van der Waals surface area contributed by atoms with Crippen LogP contribution in [0.15, 0.2) is 24.8 Å². The Morgan fingerprint density at radius 3 is 2.07 bits per heavy atom. The van der Waals surface area contributed by atoms with Crippen LogP contribution in [-0.4, -0.2) is 24.9 Å². The van der Waals surface area contributed by atoms with Gasteiger partial charge < -0.3 is 9.84 Å². The van der Waals surface area contributed by atoms with E-state index in [2.05, 4.69) is 13.5 Å². The van der Waals surface area contributed by atoms with Gasteiger partial charge in [-0.1, -0.05) is 32.2 Å². The van der Waals surface area contributed by atoms with Crippen LogP contribution in [0.3, 0.4) is 0 Å². The highest BCUT2D eigenvalue weighted by molar-refractivity contribution is 4.94. The highest BCUT2D eigenvalue weighted by Gasteiger charge is 2.07. The zero-order valence-electron chi connectivity index (χ0n) is 8.99. The van der Waals surface area contributed by atoms with E-state index in [-0.39, 0.29) is 7.43 Å². The molecule has 0 aromatic carbocycles. The first-order chi connectivity index (χ1) is 6.31. The van der Waals surface area contributed by atoms with Gasteiger partial charge in [0.25, 0.3) is 0 Å². The van der Waals surface area contributed by atoms with Crippen molar-refractivity contribution in [2.24, 2.45) is 0 Å². The van der Waals surface area contributed by atoms with Crippen molar-refractivity contribution in [2.75, 3.05) is 13.7 Å². The zero-order chi connectivity index (χ0) is 10.5. The SMILES string of the molecule is C.C=C/C=C/C.CC1CCCO1.CO. The third-order valence-corrected chi connectivity index (χ3v) is 1.49. The molecule has 1 fully saturated rings. The Morgan fingerprint density at radius 1 is 1.43 bits per heavy atom. The fourth-order valence-corrected chi connectivity index (χ4v) is 0.875. The summed E-state index contributed by atoms with van der Waals surface area (Å²) in [5.74, 6) is 0. The van der Waals surface area contributed by atoms with Crippen molar-refractivity contribution in [3.8, 4) is 0 Å². The minimum atomic E-state index is 0. The van der Waals surface area contributed by atoms with Crippen molar-refractivity contribution in [2.45, 2.75) is 40.2 Å². The Bertz CT molecular complexity index is 113. The lowest BCUT2D eigenvalue weighted by Gasteiger charge is -1.94. The molecule has 1 rings (SSSR count).